The lowest BCUT2D eigenvalue weighted by Gasteiger charge is -2.04. The highest BCUT2D eigenvalue weighted by molar-refractivity contribution is 5.16. The van der Waals surface area contributed by atoms with Crippen LogP contribution in [-0.2, 0) is 11.3 Å². The summed E-state index contributed by atoms with van der Waals surface area (Å²) in [5, 5.41) is 0. The molecule has 0 fully saturated rings. The normalized spacial score (nSPS) is 10.0. The fourth-order valence-electron chi connectivity index (χ4n) is 0.974. The molecule has 0 bridgehead atoms. The van der Waals surface area contributed by atoms with Crippen molar-refractivity contribution in [3.8, 4) is 0 Å². The molecule has 0 aromatic heterocycles. The van der Waals surface area contributed by atoms with Gasteiger partial charge < -0.3 is 4.74 Å². The Morgan fingerprint density at radius 2 is 2.00 bits per heavy atom. The zero-order valence-corrected chi connectivity index (χ0v) is 8.15. The SMILES string of the molecule is C=CC=CC(=C)OCc1ccccc1. The lowest BCUT2D eigenvalue weighted by atomic mass is 10.2. The van der Waals surface area contributed by atoms with Gasteiger partial charge in [-0.25, -0.2) is 0 Å². The molecule has 0 heterocycles. The van der Waals surface area contributed by atoms with Crippen LogP contribution in [0, 0.1) is 0 Å². The summed E-state index contributed by atoms with van der Waals surface area (Å²) in [6, 6.07) is 9.99. The van der Waals surface area contributed by atoms with Gasteiger partial charge in [-0.1, -0.05) is 55.6 Å². The third-order valence-electron chi connectivity index (χ3n) is 1.69. The zero-order valence-electron chi connectivity index (χ0n) is 8.15. The van der Waals surface area contributed by atoms with Crippen molar-refractivity contribution in [2.45, 2.75) is 6.61 Å². The Kier molecular flexibility index (Phi) is 4.29. The Morgan fingerprint density at radius 1 is 1.29 bits per heavy atom. The van der Waals surface area contributed by atoms with Crippen LogP contribution >= 0.6 is 0 Å². The van der Waals surface area contributed by atoms with Crippen molar-refractivity contribution in [3.05, 3.63) is 73.0 Å². The van der Waals surface area contributed by atoms with E-state index in [9.17, 15) is 0 Å². The van der Waals surface area contributed by atoms with Crippen molar-refractivity contribution in [1.82, 2.24) is 0 Å². The van der Waals surface area contributed by atoms with Crippen LogP contribution in [0.3, 0.4) is 0 Å². The first-order chi connectivity index (χ1) is 6.83. The average molecular weight is 186 g/mol. The van der Waals surface area contributed by atoms with E-state index in [1.165, 1.54) is 0 Å². The fraction of sp³-hybridized carbons (Fsp3) is 0.0769. The molecule has 0 saturated heterocycles. The van der Waals surface area contributed by atoms with Crippen LogP contribution < -0.4 is 0 Å². The second-order valence-electron chi connectivity index (χ2n) is 2.84. The van der Waals surface area contributed by atoms with Crippen molar-refractivity contribution < 1.29 is 4.74 Å². The summed E-state index contributed by atoms with van der Waals surface area (Å²) in [4.78, 5) is 0. The standard InChI is InChI=1S/C13H14O/c1-3-4-8-12(2)14-11-13-9-6-5-7-10-13/h3-10H,1-2,11H2. The Hall–Kier alpha value is -1.76. The highest BCUT2D eigenvalue weighted by atomic mass is 16.5. The van der Waals surface area contributed by atoms with E-state index in [4.69, 9.17) is 4.74 Å². The maximum atomic E-state index is 5.40. The van der Waals surface area contributed by atoms with Crippen molar-refractivity contribution in [3.63, 3.8) is 0 Å². The van der Waals surface area contributed by atoms with E-state index in [2.05, 4.69) is 13.2 Å². The van der Waals surface area contributed by atoms with Crippen LogP contribution in [0.1, 0.15) is 5.56 Å². The second kappa shape index (κ2) is 5.81. The number of allylic oxidation sites excluding steroid dienone is 3. The largest absolute Gasteiger partial charge is 0.490 e. The van der Waals surface area contributed by atoms with Crippen LogP contribution in [0.25, 0.3) is 0 Å². The predicted octanol–water partition coefficient (Wildman–Crippen LogP) is 3.46. The summed E-state index contributed by atoms with van der Waals surface area (Å²) in [6.45, 7) is 7.87. The summed E-state index contributed by atoms with van der Waals surface area (Å²) < 4.78 is 5.40. The predicted molar refractivity (Wildman–Crippen MR) is 59.7 cm³/mol. The molecule has 72 valence electrons. The Labute approximate surface area is 85.0 Å². The van der Waals surface area contributed by atoms with E-state index < -0.39 is 0 Å². The van der Waals surface area contributed by atoms with E-state index in [0.29, 0.717) is 12.4 Å². The van der Waals surface area contributed by atoms with Gasteiger partial charge in [0, 0.05) is 0 Å². The van der Waals surface area contributed by atoms with E-state index >= 15 is 0 Å². The Bertz CT molecular complexity index is 322. The number of hydrogen-bond acceptors (Lipinski definition) is 1. The molecule has 14 heavy (non-hydrogen) atoms. The molecule has 0 atom stereocenters. The van der Waals surface area contributed by atoms with Gasteiger partial charge in [-0.15, -0.1) is 0 Å². The average Bonchev–Trinajstić information content (AvgIpc) is 2.25. The van der Waals surface area contributed by atoms with Crippen molar-refractivity contribution >= 4 is 0 Å². The number of benzene rings is 1. The van der Waals surface area contributed by atoms with E-state index in [0.717, 1.165) is 5.56 Å². The van der Waals surface area contributed by atoms with Crippen LogP contribution in [0.5, 0.6) is 0 Å². The molecule has 1 heteroatoms. The lowest BCUT2D eigenvalue weighted by Crippen LogP contribution is -1.89. The smallest absolute Gasteiger partial charge is 0.113 e. The van der Waals surface area contributed by atoms with Gasteiger partial charge in [-0.3, -0.25) is 0 Å². The summed E-state index contributed by atoms with van der Waals surface area (Å²) >= 11 is 0. The minimum absolute atomic E-state index is 0.557. The van der Waals surface area contributed by atoms with Gasteiger partial charge in [0.05, 0.1) is 0 Å². The summed E-state index contributed by atoms with van der Waals surface area (Å²) in [5.41, 5.74) is 1.14. The van der Waals surface area contributed by atoms with Crippen molar-refractivity contribution in [2.24, 2.45) is 0 Å². The van der Waals surface area contributed by atoms with Gasteiger partial charge in [0.1, 0.15) is 12.4 Å². The minimum Gasteiger partial charge on any atom is -0.490 e. The van der Waals surface area contributed by atoms with Gasteiger partial charge >= 0.3 is 0 Å². The van der Waals surface area contributed by atoms with Gasteiger partial charge in [0.2, 0.25) is 0 Å². The van der Waals surface area contributed by atoms with Crippen molar-refractivity contribution in [1.29, 1.82) is 0 Å². The first-order valence-corrected chi connectivity index (χ1v) is 4.47. The summed E-state index contributed by atoms with van der Waals surface area (Å²) in [5.74, 6) is 0.647. The van der Waals surface area contributed by atoms with Crippen LogP contribution in [0.15, 0.2) is 67.5 Å². The quantitative estimate of drug-likeness (QED) is 0.505. The summed E-state index contributed by atoms with van der Waals surface area (Å²) in [6.07, 6.45) is 5.28. The highest BCUT2D eigenvalue weighted by Crippen LogP contribution is 2.05. The third kappa shape index (κ3) is 3.76. The maximum absolute atomic E-state index is 5.40. The lowest BCUT2D eigenvalue weighted by molar-refractivity contribution is 0.212. The van der Waals surface area contributed by atoms with E-state index in [1.54, 1.807) is 18.2 Å². The molecule has 0 unspecified atom stereocenters. The maximum Gasteiger partial charge on any atom is 0.113 e. The van der Waals surface area contributed by atoms with Crippen molar-refractivity contribution in [2.75, 3.05) is 0 Å². The number of hydrogen-bond donors (Lipinski definition) is 0. The molecule has 0 spiro atoms. The molecule has 0 amide bonds. The molecular formula is C13H14O. The van der Waals surface area contributed by atoms with E-state index in [1.807, 2.05) is 30.3 Å². The van der Waals surface area contributed by atoms with Crippen LogP contribution in [0.4, 0.5) is 0 Å². The topological polar surface area (TPSA) is 9.23 Å². The van der Waals surface area contributed by atoms with Gasteiger partial charge in [0.15, 0.2) is 0 Å². The highest BCUT2D eigenvalue weighted by Gasteiger charge is 1.91. The molecule has 1 nitrogen and oxygen atoms in total. The molecule has 0 aliphatic carbocycles. The summed E-state index contributed by atoms with van der Waals surface area (Å²) in [7, 11) is 0. The Morgan fingerprint density at radius 3 is 2.64 bits per heavy atom. The molecule has 0 aliphatic rings. The molecule has 0 radical (unpaired) electrons. The second-order valence-corrected chi connectivity index (χ2v) is 2.84. The molecule has 0 aliphatic heterocycles. The monoisotopic (exact) mass is 186 g/mol. The van der Waals surface area contributed by atoms with Gasteiger partial charge in [-0.2, -0.15) is 0 Å². The van der Waals surface area contributed by atoms with Crippen LogP contribution in [0.2, 0.25) is 0 Å². The van der Waals surface area contributed by atoms with Gasteiger partial charge in [-0.05, 0) is 11.6 Å². The fourth-order valence-corrected chi connectivity index (χ4v) is 0.974. The molecule has 0 N–H and O–H groups in total. The minimum atomic E-state index is 0.557. The zero-order chi connectivity index (χ0) is 10.2. The molecular weight excluding hydrogens is 172 g/mol. The van der Waals surface area contributed by atoms with Crippen LogP contribution in [-0.4, -0.2) is 0 Å². The Balaban J connectivity index is 2.38. The first kappa shape index (κ1) is 10.3. The molecule has 1 aromatic rings. The number of rotatable bonds is 5. The first-order valence-electron chi connectivity index (χ1n) is 4.47. The van der Waals surface area contributed by atoms with E-state index in [-0.39, 0.29) is 0 Å². The number of ether oxygens (including phenoxy) is 1. The third-order valence-corrected chi connectivity index (χ3v) is 1.69. The molecule has 0 saturated carbocycles. The molecule has 1 rings (SSSR count). The molecule has 1 aromatic carbocycles. The van der Waals surface area contributed by atoms with Gasteiger partial charge in [0.25, 0.3) is 0 Å².